The fourth-order valence-corrected chi connectivity index (χ4v) is 3.86. The highest BCUT2D eigenvalue weighted by Crippen LogP contribution is 2.07. The number of carbonyl (C=O) groups is 9. The van der Waals surface area contributed by atoms with Crippen LogP contribution in [-0.4, -0.2) is 117 Å². The Bertz CT molecular complexity index is 1180. The van der Waals surface area contributed by atoms with Gasteiger partial charge < -0.3 is 53.0 Å². The molecule has 0 aliphatic heterocycles. The van der Waals surface area contributed by atoms with Gasteiger partial charge in [-0.15, -0.1) is 0 Å². The SMILES string of the molecule is CC(C)C[C@H](NC(=O)[C@@H](C)NC(=O)[C@H](C)NC(=O)CC[C@@H](NC(=O)[C@@H](N)CS)C(=O)O)C(=O)N[C@H](CC(=O)N[C@@H](C)C(=O)O)C(=O)O. The lowest BCUT2D eigenvalue weighted by Gasteiger charge is -2.25. The molecule has 47 heavy (non-hydrogen) atoms. The molecule has 266 valence electrons. The number of hydrogen-bond acceptors (Lipinski definition) is 11. The maximum absolute atomic E-state index is 13.0. The van der Waals surface area contributed by atoms with E-state index in [9.17, 15) is 53.4 Å². The lowest BCUT2D eigenvalue weighted by atomic mass is 10.0. The zero-order valence-corrected chi connectivity index (χ0v) is 27.6. The molecule has 0 radical (unpaired) electrons. The molecule has 20 heteroatoms. The largest absolute Gasteiger partial charge is 0.480 e. The van der Waals surface area contributed by atoms with E-state index in [0.29, 0.717) is 0 Å². The third-order valence-electron chi connectivity index (χ3n) is 6.42. The molecule has 0 aliphatic rings. The fourth-order valence-electron chi connectivity index (χ4n) is 3.70. The highest BCUT2D eigenvalue weighted by Gasteiger charge is 2.31. The van der Waals surface area contributed by atoms with Crippen molar-refractivity contribution in [2.24, 2.45) is 11.7 Å². The van der Waals surface area contributed by atoms with Gasteiger partial charge >= 0.3 is 17.9 Å². The fraction of sp³-hybridized carbons (Fsp3) is 0.667. The van der Waals surface area contributed by atoms with Gasteiger partial charge in [-0.2, -0.15) is 12.6 Å². The van der Waals surface area contributed by atoms with Crippen LogP contribution >= 0.6 is 12.6 Å². The normalized spacial score (nSPS) is 15.3. The number of nitrogens with one attached hydrogen (secondary N) is 6. The molecule has 6 amide bonds. The lowest BCUT2D eigenvalue weighted by Crippen LogP contribution is -2.57. The minimum Gasteiger partial charge on any atom is -0.480 e. The van der Waals surface area contributed by atoms with E-state index in [0.717, 1.165) is 0 Å². The number of carboxylic acids is 3. The monoisotopic (exact) mass is 691 g/mol. The summed E-state index contributed by atoms with van der Waals surface area (Å²) >= 11 is 3.86. The molecule has 0 spiro atoms. The summed E-state index contributed by atoms with van der Waals surface area (Å²) in [5.41, 5.74) is 5.51. The van der Waals surface area contributed by atoms with E-state index < -0.39 is 102 Å². The van der Waals surface area contributed by atoms with Crippen LogP contribution in [0.1, 0.15) is 60.3 Å². The Morgan fingerprint density at radius 2 is 1.04 bits per heavy atom. The number of nitrogens with two attached hydrogens (primary N) is 1. The Kier molecular flexibility index (Phi) is 18.7. The Labute approximate surface area is 276 Å². The van der Waals surface area contributed by atoms with Crippen molar-refractivity contribution in [1.82, 2.24) is 31.9 Å². The summed E-state index contributed by atoms with van der Waals surface area (Å²) in [5.74, 6) is -9.57. The van der Waals surface area contributed by atoms with Crippen LogP contribution < -0.4 is 37.6 Å². The molecule has 0 fully saturated rings. The smallest absolute Gasteiger partial charge is 0.326 e. The van der Waals surface area contributed by atoms with Crippen molar-refractivity contribution in [3.8, 4) is 0 Å². The molecule has 0 saturated heterocycles. The van der Waals surface area contributed by atoms with Crippen molar-refractivity contribution in [1.29, 1.82) is 0 Å². The number of aliphatic carboxylic acids is 3. The summed E-state index contributed by atoms with van der Waals surface area (Å²) in [6.07, 6.45) is -1.44. The third kappa shape index (κ3) is 16.6. The van der Waals surface area contributed by atoms with Crippen molar-refractivity contribution in [2.75, 3.05) is 5.75 Å². The van der Waals surface area contributed by atoms with Crippen LogP contribution in [0.25, 0.3) is 0 Å². The molecule has 0 rings (SSSR count). The summed E-state index contributed by atoms with van der Waals surface area (Å²) in [4.78, 5) is 109. The van der Waals surface area contributed by atoms with Crippen LogP contribution in [0.4, 0.5) is 0 Å². The van der Waals surface area contributed by atoms with Crippen molar-refractivity contribution in [3.63, 3.8) is 0 Å². The second-order valence-electron chi connectivity index (χ2n) is 11.2. The molecular weight excluding hydrogens is 646 g/mol. The van der Waals surface area contributed by atoms with E-state index in [1.165, 1.54) is 20.8 Å². The zero-order valence-electron chi connectivity index (χ0n) is 26.7. The number of hydrogen-bond donors (Lipinski definition) is 11. The Morgan fingerprint density at radius 1 is 0.574 bits per heavy atom. The highest BCUT2D eigenvalue weighted by molar-refractivity contribution is 7.80. The summed E-state index contributed by atoms with van der Waals surface area (Å²) < 4.78 is 0. The predicted octanol–water partition coefficient (Wildman–Crippen LogP) is -3.32. The Morgan fingerprint density at radius 3 is 1.53 bits per heavy atom. The van der Waals surface area contributed by atoms with Gasteiger partial charge in [0.2, 0.25) is 35.4 Å². The maximum atomic E-state index is 13.0. The van der Waals surface area contributed by atoms with Gasteiger partial charge in [-0.05, 0) is 39.5 Å². The van der Waals surface area contributed by atoms with Crippen LogP contribution in [0.5, 0.6) is 0 Å². The van der Waals surface area contributed by atoms with Crippen LogP contribution in [0.3, 0.4) is 0 Å². The first-order valence-electron chi connectivity index (χ1n) is 14.5. The Hall–Kier alpha value is -4.46. The van der Waals surface area contributed by atoms with Crippen molar-refractivity contribution in [2.45, 2.75) is 103 Å². The first-order valence-corrected chi connectivity index (χ1v) is 15.2. The van der Waals surface area contributed by atoms with Crippen molar-refractivity contribution in [3.05, 3.63) is 0 Å². The summed E-state index contributed by atoms with van der Waals surface area (Å²) in [5, 5.41) is 41.3. The summed E-state index contributed by atoms with van der Waals surface area (Å²) in [6.45, 7) is 7.20. The van der Waals surface area contributed by atoms with E-state index in [2.05, 4.69) is 44.5 Å². The Balaban J connectivity index is 5.23. The van der Waals surface area contributed by atoms with E-state index in [-0.39, 0.29) is 30.9 Å². The molecule has 0 aromatic carbocycles. The molecule has 19 nitrogen and oxygen atoms in total. The number of rotatable bonds is 21. The van der Waals surface area contributed by atoms with E-state index >= 15 is 0 Å². The minimum atomic E-state index is -1.75. The van der Waals surface area contributed by atoms with Gasteiger partial charge in [0.15, 0.2) is 0 Å². The van der Waals surface area contributed by atoms with E-state index in [1.807, 2.05) is 0 Å². The number of carbonyl (C=O) groups excluding carboxylic acids is 6. The van der Waals surface area contributed by atoms with Gasteiger partial charge in [0.1, 0.15) is 36.3 Å². The molecule has 0 saturated carbocycles. The molecule has 7 atom stereocenters. The van der Waals surface area contributed by atoms with Crippen LogP contribution in [0, 0.1) is 5.92 Å². The topological polar surface area (TPSA) is 313 Å². The average molecular weight is 692 g/mol. The van der Waals surface area contributed by atoms with Gasteiger partial charge in [0, 0.05) is 12.2 Å². The van der Waals surface area contributed by atoms with E-state index in [4.69, 9.17) is 10.8 Å². The minimum absolute atomic E-state index is 0.0321. The first kappa shape index (κ1) is 42.5. The van der Waals surface area contributed by atoms with Crippen molar-refractivity contribution >= 4 is 66.0 Å². The zero-order chi connectivity index (χ0) is 36.6. The quantitative estimate of drug-likeness (QED) is 0.0526. The molecule has 0 aromatic rings. The molecule has 0 heterocycles. The second kappa shape index (κ2) is 20.6. The maximum Gasteiger partial charge on any atom is 0.326 e. The average Bonchev–Trinajstić information content (AvgIpc) is 2.96. The molecule has 0 unspecified atom stereocenters. The summed E-state index contributed by atoms with van der Waals surface area (Å²) in [7, 11) is 0. The molecular formula is C27H45N7O12S. The third-order valence-corrected chi connectivity index (χ3v) is 6.82. The lowest BCUT2D eigenvalue weighted by molar-refractivity contribution is -0.145. The standard InChI is InChI=1S/C27H45N7O12S/c1-11(2)8-17(24(40)34-18(27(45)46)9-20(36)30-14(5)25(41)42)33-22(38)13(4)31-21(37)12(3)29-19(35)7-6-16(26(43)44)32-23(39)15(28)10-47/h11-18,47H,6-10,28H2,1-5H3,(H,29,35)(H,30,36)(H,31,37)(H,32,39)(H,33,38)(H,34,40)(H,41,42)(H,43,44)(H,45,46)/t12-,13+,14-,15-,16+,17-,18+/m0/s1. The summed E-state index contributed by atoms with van der Waals surface area (Å²) in [6, 6.07) is -9.25. The second-order valence-corrected chi connectivity index (χ2v) is 11.5. The van der Waals surface area contributed by atoms with E-state index in [1.54, 1.807) is 13.8 Å². The van der Waals surface area contributed by atoms with Gasteiger partial charge in [0.05, 0.1) is 12.5 Å². The van der Waals surface area contributed by atoms with Crippen LogP contribution in [-0.2, 0) is 43.2 Å². The van der Waals surface area contributed by atoms with Gasteiger partial charge in [0.25, 0.3) is 0 Å². The van der Waals surface area contributed by atoms with Crippen LogP contribution in [0.15, 0.2) is 0 Å². The van der Waals surface area contributed by atoms with Gasteiger partial charge in [-0.25, -0.2) is 9.59 Å². The molecule has 0 bridgehead atoms. The number of carboxylic acid groups (broad SMARTS) is 3. The molecule has 11 N–H and O–H groups in total. The predicted molar refractivity (Wildman–Crippen MR) is 167 cm³/mol. The molecule has 0 aliphatic carbocycles. The van der Waals surface area contributed by atoms with Gasteiger partial charge in [-0.3, -0.25) is 33.6 Å². The van der Waals surface area contributed by atoms with Crippen LogP contribution in [0.2, 0.25) is 0 Å². The molecule has 0 aromatic heterocycles. The first-order chi connectivity index (χ1) is 21.7. The highest BCUT2D eigenvalue weighted by atomic mass is 32.1. The van der Waals surface area contributed by atoms with Crippen molar-refractivity contribution < 1.29 is 58.5 Å². The number of amides is 6. The van der Waals surface area contributed by atoms with Gasteiger partial charge in [-0.1, -0.05) is 13.8 Å². The number of thiol groups is 1.